The van der Waals surface area contributed by atoms with Crippen molar-refractivity contribution in [3.8, 4) is 11.9 Å². The van der Waals surface area contributed by atoms with Gasteiger partial charge in [-0.25, -0.2) is 4.68 Å². The molecular formula is C18H17N7O. The number of hydrogen-bond donors (Lipinski definition) is 0. The predicted molar refractivity (Wildman–Crippen MR) is 96.8 cm³/mol. The van der Waals surface area contributed by atoms with Gasteiger partial charge in [-0.05, 0) is 18.2 Å². The number of nitrogens with zero attached hydrogens (tertiary/aromatic N) is 7. The number of fused-ring (bicyclic) bond motifs is 1. The second-order valence-electron chi connectivity index (χ2n) is 6.03. The smallest absolute Gasteiger partial charge is 0.257 e. The van der Waals surface area contributed by atoms with Crippen molar-refractivity contribution in [2.24, 2.45) is 0 Å². The van der Waals surface area contributed by atoms with E-state index in [1.807, 2.05) is 35.2 Å². The van der Waals surface area contributed by atoms with Crippen LogP contribution in [0.25, 0.3) is 22.8 Å². The molecular weight excluding hydrogens is 330 g/mol. The van der Waals surface area contributed by atoms with Crippen LogP contribution in [0.15, 0.2) is 55.0 Å². The van der Waals surface area contributed by atoms with Crippen LogP contribution in [0.5, 0.6) is 0 Å². The van der Waals surface area contributed by atoms with E-state index in [4.69, 9.17) is 9.72 Å². The standard InChI is InChI=1S/C18H17N7O/c1-2-5-15-14(4-1)6-9-24(15)17-20-16(23-10-12-26-13-11-23)21-18(22-17)25-8-3-7-19-25/h1-9H,10-13H2. The van der Waals surface area contributed by atoms with Crippen LogP contribution >= 0.6 is 0 Å². The van der Waals surface area contributed by atoms with Crippen molar-refractivity contribution in [1.29, 1.82) is 0 Å². The number of para-hydroxylation sites is 1. The SMILES string of the molecule is c1ccc2c(c1)ccn2-c1nc(N2CCOCC2)nc(-n2cccn2)n1. The molecule has 3 aromatic heterocycles. The molecule has 0 aliphatic carbocycles. The summed E-state index contributed by atoms with van der Waals surface area (Å²) in [6.07, 6.45) is 5.52. The largest absolute Gasteiger partial charge is 0.378 e. The van der Waals surface area contributed by atoms with Crippen LogP contribution < -0.4 is 4.90 Å². The lowest BCUT2D eigenvalue weighted by atomic mass is 10.2. The van der Waals surface area contributed by atoms with Gasteiger partial charge in [-0.1, -0.05) is 18.2 Å². The molecule has 0 unspecified atom stereocenters. The van der Waals surface area contributed by atoms with E-state index in [0.29, 0.717) is 31.1 Å². The molecule has 5 rings (SSSR count). The third-order valence-electron chi connectivity index (χ3n) is 4.42. The number of rotatable bonds is 3. The zero-order valence-electron chi connectivity index (χ0n) is 14.1. The highest BCUT2D eigenvalue weighted by Gasteiger charge is 2.18. The zero-order chi connectivity index (χ0) is 17.3. The summed E-state index contributed by atoms with van der Waals surface area (Å²) in [6, 6.07) is 12.1. The Labute approximate surface area is 149 Å². The lowest BCUT2D eigenvalue weighted by Crippen LogP contribution is -2.37. The van der Waals surface area contributed by atoms with Gasteiger partial charge in [0.05, 0.1) is 18.7 Å². The van der Waals surface area contributed by atoms with Crippen molar-refractivity contribution in [2.45, 2.75) is 0 Å². The summed E-state index contributed by atoms with van der Waals surface area (Å²) < 4.78 is 9.08. The van der Waals surface area contributed by atoms with Gasteiger partial charge in [-0.3, -0.25) is 4.57 Å². The number of ether oxygens (including phenoxy) is 1. The molecule has 8 heteroatoms. The molecule has 1 aromatic carbocycles. The van der Waals surface area contributed by atoms with Gasteiger partial charge in [-0.2, -0.15) is 20.1 Å². The Balaban J connectivity index is 1.67. The topological polar surface area (TPSA) is 73.9 Å². The fourth-order valence-electron chi connectivity index (χ4n) is 3.10. The van der Waals surface area contributed by atoms with E-state index in [2.05, 4.69) is 38.2 Å². The average Bonchev–Trinajstić information content (AvgIpc) is 3.38. The van der Waals surface area contributed by atoms with E-state index < -0.39 is 0 Å². The van der Waals surface area contributed by atoms with Crippen molar-refractivity contribution in [3.63, 3.8) is 0 Å². The van der Waals surface area contributed by atoms with Crippen LogP contribution in [0.1, 0.15) is 0 Å². The number of hydrogen-bond acceptors (Lipinski definition) is 6. The molecule has 130 valence electrons. The molecule has 0 atom stereocenters. The van der Waals surface area contributed by atoms with E-state index in [9.17, 15) is 0 Å². The van der Waals surface area contributed by atoms with Gasteiger partial charge in [0, 0.05) is 37.1 Å². The minimum absolute atomic E-state index is 0.499. The van der Waals surface area contributed by atoms with E-state index in [-0.39, 0.29) is 0 Å². The van der Waals surface area contributed by atoms with E-state index in [1.165, 1.54) is 0 Å². The van der Waals surface area contributed by atoms with Gasteiger partial charge in [-0.15, -0.1) is 0 Å². The summed E-state index contributed by atoms with van der Waals surface area (Å²) in [5, 5.41) is 5.41. The van der Waals surface area contributed by atoms with Crippen molar-refractivity contribution in [1.82, 2.24) is 29.3 Å². The van der Waals surface area contributed by atoms with Crippen molar-refractivity contribution in [3.05, 3.63) is 55.0 Å². The number of benzene rings is 1. The molecule has 0 bridgehead atoms. The molecule has 1 aliphatic rings. The number of morpholine rings is 1. The molecule has 4 aromatic rings. The van der Waals surface area contributed by atoms with Crippen LogP contribution in [-0.2, 0) is 4.74 Å². The lowest BCUT2D eigenvalue weighted by Gasteiger charge is -2.27. The molecule has 0 amide bonds. The van der Waals surface area contributed by atoms with Crippen LogP contribution in [0.3, 0.4) is 0 Å². The summed E-state index contributed by atoms with van der Waals surface area (Å²) >= 11 is 0. The maximum Gasteiger partial charge on any atom is 0.257 e. The fraction of sp³-hybridized carbons (Fsp3) is 0.222. The van der Waals surface area contributed by atoms with Gasteiger partial charge < -0.3 is 9.64 Å². The number of anilines is 1. The Morgan fingerprint density at radius 2 is 1.62 bits per heavy atom. The summed E-state index contributed by atoms with van der Waals surface area (Å²) in [5.74, 6) is 1.72. The Morgan fingerprint density at radius 3 is 2.46 bits per heavy atom. The van der Waals surface area contributed by atoms with E-state index in [1.54, 1.807) is 10.9 Å². The molecule has 1 aliphatic heterocycles. The second kappa shape index (κ2) is 6.23. The summed E-state index contributed by atoms with van der Waals surface area (Å²) in [7, 11) is 0. The molecule has 0 spiro atoms. The molecule has 8 nitrogen and oxygen atoms in total. The third-order valence-corrected chi connectivity index (χ3v) is 4.42. The van der Waals surface area contributed by atoms with Gasteiger partial charge in [0.25, 0.3) is 5.95 Å². The van der Waals surface area contributed by atoms with Gasteiger partial charge in [0.2, 0.25) is 11.9 Å². The first-order chi connectivity index (χ1) is 12.9. The highest BCUT2D eigenvalue weighted by Crippen LogP contribution is 2.20. The Bertz CT molecular complexity index is 1030. The Hall–Kier alpha value is -3.26. The van der Waals surface area contributed by atoms with Gasteiger partial charge in [0.1, 0.15) is 0 Å². The van der Waals surface area contributed by atoms with Crippen LogP contribution in [-0.4, -0.2) is 55.6 Å². The second-order valence-corrected chi connectivity index (χ2v) is 6.03. The normalized spacial score (nSPS) is 14.8. The van der Waals surface area contributed by atoms with Crippen molar-refractivity contribution >= 4 is 16.9 Å². The van der Waals surface area contributed by atoms with Gasteiger partial charge >= 0.3 is 0 Å². The molecule has 26 heavy (non-hydrogen) atoms. The summed E-state index contributed by atoms with van der Waals surface area (Å²) in [5.41, 5.74) is 1.05. The molecule has 0 radical (unpaired) electrons. The zero-order valence-corrected chi connectivity index (χ0v) is 14.1. The van der Waals surface area contributed by atoms with Crippen molar-refractivity contribution < 1.29 is 4.74 Å². The van der Waals surface area contributed by atoms with Crippen LogP contribution in [0.2, 0.25) is 0 Å². The van der Waals surface area contributed by atoms with E-state index >= 15 is 0 Å². The first kappa shape index (κ1) is 15.0. The molecule has 0 N–H and O–H groups in total. The Kier molecular flexibility index (Phi) is 3.60. The fourth-order valence-corrected chi connectivity index (χ4v) is 3.10. The molecule has 0 saturated carbocycles. The minimum atomic E-state index is 0.499. The van der Waals surface area contributed by atoms with E-state index in [0.717, 1.165) is 24.0 Å². The average molecular weight is 347 g/mol. The maximum absolute atomic E-state index is 5.45. The molecule has 1 fully saturated rings. The van der Waals surface area contributed by atoms with Crippen LogP contribution in [0.4, 0.5) is 5.95 Å². The maximum atomic E-state index is 5.45. The Morgan fingerprint density at radius 1 is 0.808 bits per heavy atom. The van der Waals surface area contributed by atoms with Crippen LogP contribution in [0, 0.1) is 0 Å². The lowest BCUT2D eigenvalue weighted by molar-refractivity contribution is 0.122. The number of aromatic nitrogens is 6. The molecule has 1 saturated heterocycles. The quantitative estimate of drug-likeness (QED) is 0.563. The highest BCUT2D eigenvalue weighted by molar-refractivity contribution is 5.81. The third kappa shape index (κ3) is 2.60. The first-order valence-electron chi connectivity index (χ1n) is 8.54. The first-order valence-corrected chi connectivity index (χ1v) is 8.54. The molecule has 4 heterocycles. The van der Waals surface area contributed by atoms with Crippen molar-refractivity contribution in [2.75, 3.05) is 31.2 Å². The summed E-state index contributed by atoms with van der Waals surface area (Å²) in [4.78, 5) is 16.1. The minimum Gasteiger partial charge on any atom is -0.378 e. The van der Waals surface area contributed by atoms with Gasteiger partial charge in [0.15, 0.2) is 0 Å². The predicted octanol–water partition coefficient (Wildman–Crippen LogP) is 1.84. The summed E-state index contributed by atoms with van der Waals surface area (Å²) in [6.45, 7) is 2.86. The highest BCUT2D eigenvalue weighted by atomic mass is 16.5. The monoisotopic (exact) mass is 347 g/mol.